The van der Waals surface area contributed by atoms with E-state index < -0.39 is 0 Å². The molecule has 1 atom stereocenters. The van der Waals surface area contributed by atoms with Crippen LogP contribution in [0.1, 0.15) is 4.88 Å². The molecule has 1 saturated heterocycles. The maximum absolute atomic E-state index is 12.6. The Balaban J connectivity index is 1.38. The number of hydrogen-bond donors (Lipinski definition) is 3. The molecule has 1 fully saturated rings. The van der Waals surface area contributed by atoms with Crippen molar-refractivity contribution in [1.82, 2.24) is 4.90 Å². The number of piperazine rings is 1. The number of likely N-dealkylation sites (N-methyl/N-ethyl adjacent to an activating group) is 1. The number of carbonyl (C=O) groups is 2. The predicted octanol–water partition coefficient (Wildman–Crippen LogP) is -0.218. The van der Waals surface area contributed by atoms with Gasteiger partial charge in [-0.3, -0.25) is 9.59 Å². The fraction of sp³-hybridized carbons (Fsp3) is 0.400. The summed E-state index contributed by atoms with van der Waals surface area (Å²) in [5.41, 5.74) is 0.707. The number of thiophene rings is 1. The normalized spacial score (nSPS) is 16.0. The smallest absolute Gasteiger partial charge is 0.279 e. The average Bonchev–Trinajstić information content (AvgIpc) is 3.17. The first-order valence-corrected chi connectivity index (χ1v) is 10.8. The molecule has 2 aromatic rings. The van der Waals surface area contributed by atoms with Crippen molar-refractivity contribution < 1.29 is 19.4 Å². The van der Waals surface area contributed by atoms with Gasteiger partial charge in [0, 0.05) is 10.7 Å². The molecular formula is C20H27ClN4O2S+2. The maximum Gasteiger partial charge on any atom is 0.279 e. The Morgan fingerprint density at radius 3 is 2.54 bits per heavy atom. The minimum absolute atomic E-state index is 0.113. The lowest BCUT2D eigenvalue weighted by Crippen LogP contribution is -3.14. The molecule has 1 aromatic carbocycles. The van der Waals surface area contributed by atoms with Crippen LogP contribution in [0.25, 0.3) is 0 Å². The van der Waals surface area contributed by atoms with Gasteiger partial charge in [-0.15, -0.1) is 11.3 Å². The minimum Gasteiger partial charge on any atom is -0.328 e. The van der Waals surface area contributed by atoms with E-state index in [2.05, 4.69) is 22.8 Å². The third-order valence-electron chi connectivity index (χ3n) is 4.87. The summed E-state index contributed by atoms with van der Waals surface area (Å²) >= 11 is 7.64. The van der Waals surface area contributed by atoms with Crippen LogP contribution in [0.15, 0.2) is 41.8 Å². The molecule has 0 saturated carbocycles. The van der Waals surface area contributed by atoms with Crippen molar-refractivity contribution in [3.8, 4) is 0 Å². The number of anilines is 1. The number of nitrogens with one attached hydrogen (secondary N) is 3. The van der Waals surface area contributed by atoms with E-state index in [1.54, 1.807) is 35.6 Å². The van der Waals surface area contributed by atoms with Crippen molar-refractivity contribution in [3.63, 3.8) is 0 Å². The predicted molar refractivity (Wildman–Crippen MR) is 112 cm³/mol. The summed E-state index contributed by atoms with van der Waals surface area (Å²) in [7, 11) is 1.87. The van der Waals surface area contributed by atoms with Gasteiger partial charge in [0.15, 0.2) is 13.1 Å². The number of hydrogen-bond acceptors (Lipinski definition) is 3. The average molecular weight is 423 g/mol. The van der Waals surface area contributed by atoms with Crippen LogP contribution in [-0.4, -0.2) is 63.0 Å². The number of quaternary nitrogens is 2. The van der Waals surface area contributed by atoms with Crippen LogP contribution in [0.2, 0.25) is 5.02 Å². The Bertz CT molecular complexity index is 774. The molecule has 2 amide bonds. The molecule has 1 aliphatic heterocycles. The SMILES string of the molecule is C[NH+](CC(=O)Nc1ccc(Cl)cc1)CC(=O)N1CC[NH+](Cc2cccs2)CC1. The minimum atomic E-state index is -0.113. The van der Waals surface area contributed by atoms with Crippen molar-refractivity contribution in [2.24, 2.45) is 0 Å². The molecule has 3 N–H and O–H groups in total. The van der Waals surface area contributed by atoms with Gasteiger partial charge in [0.2, 0.25) is 0 Å². The molecule has 2 heterocycles. The van der Waals surface area contributed by atoms with Gasteiger partial charge in [-0.1, -0.05) is 17.7 Å². The quantitative estimate of drug-likeness (QED) is 0.578. The Morgan fingerprint density at radius 1 is 1.18 bits per heavy atom. The van der Waals surface area contributed by atoms with Crippen LogP contribution in [0.4, 0.5) is 5.69 Å². The Labute approximate surface area is 174 Å². The topological polar surface area (TPSA) is 58.3 Å². The molecule has 1 aliphatic rings. The van der Waals surface area contributed by atoms with Gasteiger partial charge in [-0.05, 0) is 35.7 Å². The Kier molecular flexibility index (Phi) is 7.44. The van der Waals surface area contributed by atoms with Crippen LogP contribution in [0.5, 0.6) is 0 Å². The first-order valence-electron chi connectivity index (χ1n) is 9.50. The van der Waals surface area contributed by atoms with Crippen molar-refractivity contribution in [3.05, 3.63) is 51.7 Å². The van der Waals surface area contributed by atoms with Gasteiger partial charge < -0.3 is 20.0 Å². The number of benzene rings is 1. The largest absolute Gasteiger partial charge is 0.328 e. The molecule has 0 spiro atoms. The molecule has 0 radical (unpaired) electrons. The van der Waals surface area contributed by atoms with Gasteiger partial charge in [0.1, 0.15) is 6.54 Å². The van der Waals surface area contributed by atoms with Gasteiger partial charge in [0.25, 0.3) is 11.8 Å². The van der Waals surface area contributed by atoms with Gasteiger partial charge >= 0.3 is 0 Å². The molecule has 3 rings (SSSR count). The summed E-state index contributed by atoms with van der Waals surface area (Å²) in [6, 6.07) is 11.2. The molecule has 6 nitrogen and oxygen atoms in total. The van der Waals surface area contributed by atoms with E-state index >= 15 is 0 Å². The van der Waals surface area contributed by atoms with Crippen molar-refractivity contribution in [2.75, 3.05) is 51.6 Å². The second kappa shape index (κ2) is 10.0. The van der Waals surface area contributed by atoms with Crippen LogP contribution < -0.4 is 15.1 Å². The molecule has 0 aliphatic carbocycles. The van der Waals surface area contributed by atoms with Crippen molar-refractivity contribution >= 4 is 40.4 Å². The molecule has 28 heavy (non-hydrogen) atoms. The third kappa shape index (κ3) is 6.31. The van der Waals surface area contributed by atoms with E-state index in [1.807, 2.05) is 11.9 Å². The van der Waals surface area contributed by atoms with E-state index in [1.165, 1.54) is 9.78 Å². The maximum atomic E-state index is 12.6. The summed E-state index contributed by atoms with van der Waals surface area (Å²) in [5.74, 6) is 0.00444. The van der Waals surface area contributed by atoms with Crippen LogP contribution in [-0.2, 0) is 16.1 Å². The highest BCUT2D eigenvalue weighted by Gasteiger charge is 2.26. The molecule has 150 valence electrons. The zero-order valence-corrected chi connectivity index (χ0v) is 17.6. The standard InChI is InChI=1S/C20H25ClN4O2S/c1-23(14-19(26)22-17-6-4-16(21)5-7-17)15-20(27)25-10-8-24(9-11-25)13-18-3-2-12-28-18/h2-7,12H,8-11,13-15H2,1H3,(H,22,26)/p+2. The second-order valence-electron chi connectivity index (χ2n) is 7.25. The summed E-state index contributed by atoms with van der Waals surface area (Å²) in [6.45, 7) is 5.12. The summed E-state index contributed by atoms with van der Waals surface area (Å²) in [5, 5.41) is 5.57. The molecular weight excluding hydrogens is 396 g/mol. The highest BCUT2D eigenvalue weighted by Crippen LogP contribution is 2.12. The monoisotopic (exact) mass is 422 g/mol. The van der Waals surface area contributed by atoms with Gasteiger partial charge in [0.05, 0.1) is 38.1 Å². The first kappa shape index (κ1) is 20.8. The van der Waals surface area contributed by atoms with Crippen LogP contribution >= 0.6 is 22.9 Å². The zero-order chi connectivity index (χ0) is 19.9. The summed E-state index contributed by atoms with van der Waals surface area (Å²) < 4.78 is 0. The highest BCUT2D eigenvalue weighted by atomic mass is 35.5. The molecule has 1 unspecified atom stereocenters. The number of carbonyl (C=O) groups excluding carboxylic acids is 2. The van der Waals surface area contributed by atoms with Crippen LogP contribution in [0, 0.1) is 0 Å². The fourth-order valence-corrected chi connectivity index (χ4v) is 4.26. The summed E-state index contributed by atoms with van der Waals surface area (Å²) in [4.78, 5) is 30.5. The summed E-state index contributed by atoms with van der Waals surface area (Å²) in [6.07, 6.45) is 0. The highest BCUT2D eigenvalue weighted by molar-refractivity contribution is 7.09. The third-order valence-corrected chi connectivity index (χ3v) is 6.00. The Morgan fingerprint density at radius 2 is 1.89 bits per heavy atom. The van der Waals surface area contributed by atoms with E-state index in [-0.39, 0.29) is 18.4 Å². The lowest BCUT2D eigenvalue weighted by Gasteiger charge is -2.32. The van der Waals surface area contributed by atoms with Gasteiger partial charge in [-0.25, -0.2) is 0 Å². The number of rotatable bonds is 7. The van der Waals surface area contributed by atoms with Crippen molar-refractivity contribution in [2.45, 2.75) is 6.54 Å². The number of amides is 2. The molecule has 1 aromatic heterocycles. The molecule has 8 heteroatoms. The first-order chi connectivity index (χ1) is 13.5. The molecule has 0 bridgehead atoms. The van der Waals surface area contributed by atoms with E-state index in [4.69, 9.17) is 11.6 Å². The lowest BCUT2D eigenvalue weighted by molar-refractivity contribution is -0.917. The van der Waals surface area contributed by atoms with Crippen LogP contribution in [0.3, 0.4) is 0 Å². The second-order valence-corrected chi connectivity index (χ2v) is 8.72. The fourth-order valence-electron chi connectivity index (χ4n) is 3.35. The Hall–Kier alpha value is -1.93. The number of nitrogens with zero attached hydrogens (tertiary/aromatic N) is 1. The zero-order valence-electron chi connectivity index (χ0n) is 16.0. The lowest BCUT2D eigenvalue weighted by atomic mass is 10.3. The van der Waals surface area contributed by atoms with Gasteiger partial charge in [-0.2, -0.15) is 0 Å². The van der Waals surface area contributed by atoms with E-state index in [0.717, 1.165) is 37.6 Å². The number of halogens is 1. The van der Waals surface area contributed by atoms with Crippen molar-refractivity contribution in [1.29, 1.82) is 0 Å². The van der Waals surface area contributed by atoms with E-state index in [9.17, 15) is 9.59 Å². The van der Waals surface area contributed by atoms with E-state index in [0.29, 0.717) is 17.3 Å².